The monoisotopic (exact) mass is 436 g/mol. The molecule has 2 heterocycles. The number of hydrogen-bond donors (Lipinski definition) is 1. The lowest BCUT2D eigenvalue weighted by Gasteiger charge is -2.34. The topological polar surface area (TPSA) is 49.4 Å². The number of thioether (sulfide) groups is 1. The Morgan fingerprint density at radius 1 is 1.15 bits per heavy atom. The van der Waals surface area contributed by atoms with Gasteiger partial charge in [0.2, 0.25) is 11.8 Å². The molecule has 1 aliphatic carbocycles. The van der Waals surface area contributed by atoms with Crippen molar-refractivity contribution in [2.75, 3.05) is 5.75 Å². The van der Waals surface area contributed by atoms with Gasteiger partial charge >= 0.3 is 0 Å². The predicted molar refractivity (Wildman–Crippen MR) is 108 cm³/mol. The van der Waals surface area contributed by atoms with Gasteiger partial charge in [-0.3, -0.25) is 9.59 Å². The van der Waals surface area contributed by atoms with Crippen LogP contribution in [0.15, 0.2) is 28.7 Å². The molecule has 1 saturated carbocycles. The van der Waals surface area contributed by atoms with Crippen LogP contribution in [0.25, 0.3) is 0 Å². The van der Waals surface area contributed by atoms with E-state index in [4.69, 9.17) is 0 Å². The first-order valence-corrected chi connectivity index (χ1v) is 11.4. The maximum atomic E-state index is 13.0. The zero-order valence-corrected chi connectivity index (χ0v) is 17.3. The molecular weight excluding hydrogens is 412 g/mol. The molecule has 4 nitrogen and oxygen atoms in total. The van der Waals surface area contributed by atoms with Gasteiger partial charge in [0.05, 0.1) is 0 Å². The van der Waals surface area contributed by atoms with Gasteiger partial charge in [-0.1, -0.05) is 53.7 Å². The summed E-state index contributed by atoms with van der Waals surface area (Å²) in [6, 6.07) is 8.12. The highest BCUT2D eigenvalue weighted by atomic mass is 79.9. The zero-order chi connectivity index (χ0) is 18.1. The van der Waals surface area contributed by atoms with Gasteiger partial charge in [-0.2, -0.15) is 0 Å². The summed E-state index contributed by atoms with van der Waals surface area (Å²) in [5, 5.41) is 3.26. The van der Waals surface area contributed by atoms with Crippen molar-refractivity contribution in [3.05, 3.63) is 34.3 Å². The molecule has 0 radical (unpaired) electrons. The number of rotatable bonds is 3. The van der Waals surface area contributed by atoms with Gasteiger partial charge in [0.1, 0.15) is 10.9 Å². The lowest BCUT2D eigenvalue weighted by molar-refractivity contribution is -0.138. The van der Waals surface area contributed by atoms with Gasteiger partial charge in [-0.05, 0) is 37.0 Å². The van der Waals surface area contributed by atoms with E-state index < -0.39 is 0 Å². The molecule has 140 valence electrons. The van der Waals surface area contributed by atoms with Crippen LogP contribution in [0.4, 0.5) is 0 Å². The molecule has 26 heavy (non-hydrogen) atoms. The second-order valence-corrected chi connectivity index (χ2v) is 9.79. The van der Waals surface area contributed by atoms with Gasteiger partial charge in [0.15, 0.2) is 0 Å². The Hall–Kier alpha value is -1.01. The molecule has 0 aromatic heterocycles. The SMILES string of the molecule is O=C(NC1CCCCCC1)[C@H]1CS[C@]2(c3ccc(Br)cc3)CCC(=O)N12. The first-order chi connectivity index (χ1) is 12.6. The minimum Gasteiger partial charge on any atom is -0.352 e. The van der Waals surface area contributed by atoms with Crippen LogP contribution in [0.2, 0.25) is 0 Å². The standard InChI is InChI=1S/C20H25BrN2O2S/c21-15-9-7-14(8-10-15)20-12-11-18(24)23(20)17(13-26-20)19(25)22-16-5-3-1-2-4-6-16/h7-10,16-17H,1-6,11-13H2,(H,22,25)/t17-,20+/m1/s1. The van der Waals surface area contributed by atoms with Crippen molar-refractivity contribution in [1.29, 1.82) is 0 Å². The van der Waals surface area contributed by atoms with Crippen LogP contribution >= 0.6 is 27.7 Å². The third-order valence-electron chi connectivity index (χ3n) is 5.93. The number of hydrogen-bond acceptors (Lipinski definition) is 3. The van der Waals surface area contributed by atoms with E-state index in [2.05, 4.69) is 33.4 Å². The molecule has 1 aromatic rings. The second-order valence-electron chi connectivity index (χ2n) is 7.58. The molecular formula is C20H25BrN2O2S. The summed E-state index contributed by atoms with van der Waals surface area (Å²) in [6.07, 6.45) is 8.36. The largest absolute Gasteiger partial charge is 0.352 e. The first-order valence-electron chi connectivity index (χ1n) is 9.63. The molecule has 2 aliphatic heterocycles. The molecule has 2 saturated heterocycles. The fourth-order valence-electron chi connectivity index (χ4n) is 4.57. The van der Waals surface area contributed by atoms with Crippen molar-refractivity contribution in [2.24, 2.45) is 0 Å². The van der Waals surface area contributed by atoms with Gasteiger partial charge in [0.25, 0.3) is 0 Å². The summed E-state index contributed by atoms with van der Waals surface area (Å²) in [7, 11) is 0. The number of amides is 2. The summed E-state index contributed by atoms with van der Waals surface area (Å²) < 4.78 is 1.03. The molecule has 1 aromatic carbocycles. The van der Waals surface area contributed by atoms with Crippen LogP contribution in [0.3, 0.4) is 0 Å². The molecule has 4 rings (SSSR count). The van der Waals surface area contributed by atoms with Gasteiger partial charge in [-0.25, -0.2) is 0 Å². The quantitative estimate of drug-likeness (QED) is 0.722. The third-order valence-corrected chi connectivity index (χ3v) is 8.05. The van der Waals surface area contributed by atoms with E-state index in [1.54, 1.807) is 11.8 Å². The van der Waals surface area contributed by atoms with Crippen LogP contribution in [0, 0.1) is 0 Å². The Balaban J connectivity index is 1.54. The fourth-order valence-corrected chi connectivity index (χ4v) is 6.48. The van der Waals surface area contributed by atoms with Crippen LogP contribution in [-0.4, -0.2) is 34.6 Å². The van der Waals surface area contributed by atoms with E-state index in [-0.39, 0.29) is 28.8 Å². The number of carbonyl (C=O) groups excluding carboxylic acids is 2. The lowest BCUT2D eigenvalue weighted by atomic mass is 10.0. The van der Waals surface area contributed by atoms with Crippen LogP contribution in [0.1, 0.15) is 56.9 Å². The van der Waals surface area contributed by atoms with E-state index in [1.807, 2.05) is 17.0 Å². The lowest BCUT2D eigenvalue weighted by Crippen LogP contribution is -2.52. The average molecular weight is 437 g/mol. The van der Waals surface area contributed by atoms with Crippen LogP contribution in [-0.2, 0) is 14.5 Å². The van der Waals surface area contributed by atoms with Gasteiger partial charge < -0.3 is 10.2 Å². The second kappa shape index (κ2) is 7.55. The summed E-state index contributed by atoms with van der Waals surface area (Å²) >= 11 is 5.24. The maximum Gasteiger partial charge on any atom is 0.243 e. The molecule has 2 amide bonds. The Bertz CT molecular complexity index is 688. The van der Waals surface area contributed by atoms with E-state index in [0.717, 1.165) is 29.3 Å². The fraction of sp³-hybridized carbons (Fsp3) is 0.600. The number of fused-ring (bicyclic) bond motifs is 1. The Labute approximate surface area is 167 Å². The zero-order valence-electron chi connectivity index (χ0n) is 14.9. The highest BCUT2D eigenvalue weighted by Gasteiger charge is 2.56. The van der Waals surface area contributed by atoms with E-state index in [1.165, 1.54) is 25.7 Å². The molecule has 6 heteroatoms. The molecule has 0 unspecified atom stereocenters. The summed E-state index contributed by atoms with van der Waals surface area (Å²) in [5.74, 6) is 0.831. The minimum absolute atomic E-state index is 0.0404. The van der Waals surface area contributed by atoms with E-state index in [0.29, 0.717) is 12.2 Å². The van der Waals surface area contributed by atoms with Crippen molar-refractivity contribution < 1.29 is 9.59 Å². The molecule has 3 aliphatic rings. The first kappa shape index (κ1) is 18.4. The van der Waals surface area contributed by atoms with Gasteiger partial charge in [0, 0.05) is 22.7 Å². The predicted octanol–water partition coefficient (Wildman–Crippen LogP) is 4.18. The number of halogens is 1. The van der Waals surface area contributed by atoms with E-state index in [9.17, 15) is 9.59 Å². The molecule has 2 atom stereocenters. The van der Waals surface area contributed by atoms with Gasteiger partial charge in [-0.15, -0.1) is 11.8 Å². The van der Waals surface area contributed by atoms with Crippen LogP contribution in [0.5, 0.6) is 0 Å². The summed E-state index contributed by atoms with van der Waals surface area (Å²) in [5.41, 5.74) is 1.13. The minimum atomic E-state index is -0.372. The molecule has 0 bridgehead atoms. The average Bonchev–Trinajstić information content (AvgIpc) is 3.06. The number of benzene rings is 1. The number of carbonyl (C=O) groups is 2. The number of nitrogens with zero attached hydrogens (tertiary/aromatic N) is 1. The van der Waals surface area contributed by atoms with Crippen molar-refractivity contribution in [2.45, 2.75) is 68.3 Å². The smallest absolute Gasteiger partial charge is 0.243 e. The normalized spacial score (nSPS) is 29.5. The Morgan fingerprint density at radius 2 is 1.85 bits per heavy atom. The van der Waals surface area contributed by atoms with E-state index >= 15 is 0 Å². The summed E-state index contributed by atoms with van der Waals surface area (Å²) in [6.45, 7) is 0. The molecule has 1 N–H and O–H groups in total. The van der Waals surface area contributed by atoms with Crippen LogP contribution < -0.4 is 5.32 Å². The Kier molecular flexibility index (Phi) is 5.33. The van der Waals surface area contributed by atoms with Crippen molar-refractivity contribution >= 4 is 39.5 Å². The highest BCUT2D eigenvalue weighted by Crippen LogP contribution is 2.54. The summed E-state index contributed by atoms with van der Waals surface area (Å²) in [4.78, 5) is 27.2. The maximum absolute atomic E-state index is 13.0. The van der Waals surface area contributed by atoms with Crippen molar-refractivity contribution in [3.8, 4) is 0 Å². The molecule has 0 spiro atoms. The third kappa shape index (κ3) is 3.31. The Morgan fingerprint density at radius 3 is 2.54 bits per heavy atom. The van der Waals surface area contributed by atoms with Crippen molar-refractivity contribution in [3.63, 3.8) is 0 Å². The van der Waals surface area contributed by atoms with Crippen molar-refractivity contribution in [1.82, 2.24) is 10.2 Å². The number of nitrogens with one attached hydrogen (secondary N) is 1. The molecule has 3 fully saturated rings. The highest BCUT2D eigenvalue weighted by molar-refractivity contribution is 9.10.